The van der Waals surface area contributed by atoms with Crippen LogP contribution in [0.2, 0.25) is 0 Å². The average Bonchev–Trinajstić information content (AvgIpc) is 2.84. The number of rotatable bonds is 6. The number of aliphatic carboxylic acids is 1. The van der Waals surface area contributed by atoms with Crippen molar-refractivity contribution in [2.24, 2.45) is 0 Å². The van der Waals surface area contributed by atoms with Crippen LogP contribution in [0.5, 0.6) is 0 Å². The van der Waals surface area contributed by atoms with Gasteiger partial charge in [0.15, 0.2) is 0 Å². The third-order valence-electron chi connectivity index (χ3n) is 3.34. The number of benzene rings is 1. The van der Waals surface area contributed by atoms with Gasteiger partial charge in [0.25, 0.3) is 0 Å². The number of ether oxygens (including phenoxy) is 1. The molecule has 0 aliphatic rings. The lowest BCUT2D eigenvalue weighted by atomic mass is 10.0. The Balaban J connectivity index is 2.01. The number of hydrogen-bond acceptors (Lipinski definition) is 4. The Kier molecular flexibility index (Phi) is 5.76. The number of carboxylic acid groups (broad SMARTS) is 1. The molecule has 0 saturated carbocycles. The number of thiophene rings is 1. The molecular formula is C17H19NO4S. The largest absolute Gasteiger partial charge is 0.481 e. The van der Waals surface area contributed by atoms with E-state index < -0.39 is 18.1 Å². The Bertz CT molecular complexity index is 681. The first-order chi connectivity index (χ1) is 11.0. The minimum Gasteiger partial charge on any atom is -0.481 e. The second-order valence-electron chi connectivity index (χ2n) is 5.23. The fourth-order valence-electron chi connectivity index (χ4n) is 2.32. The van der Waals surface area contributed by atoms with Crippen molar-refractivity contribution >= 4 is 23.4 Å². The molecule has 23 heavy (non-hydrogen) atoms. The molecule has 0 bridgehead atoms. The summed E-state index contributed by atoms with van der Waals surface area (Å²) in [6.45, 7) is 4.01. The SMILES string of the molecule is Cc1cc(C(CC(=O)O)NC(=O)OCc2ccccc2)c(C)s1. The van der Waals surface area contributed by atoms with Crippen LogP contribution in [0.25, 0.3) is 0 Å². The lowest BCUT2D eigenvalue weighted by molar-refractivity contribution is -0.137. The number of hydrogen-bond donors (Lipinski definition) is 2. The van der Waals surface area contributed by atoms with Crippen LogP contribution >= 0.6 is 11.3 Å². The number of carboxylic acids is 1. The standard InChI is InChI=1S/C17H19NO4S/c1-11-8-14(12(2)23-11)15(9-16(19)20)18-17(21)22-10-13-6-4-3-5-7-13/h3-8,15H,9-10H2,1-2H3,(H,18,21)(H,19,20). The molecule has 2 aromatic rings. The molecule has 0 radical (unpaired) electrons. The number of nitrogens with one attached hydrogen (secondary N) is 1. The van der Waals surface area contributed by atoms with Gasteiger partial charge in [-0.05, 0) is 31.0 Å². The van der Waals surface area contributed by atoms with Gasteiger partial charge in [0.1, 0.15) is 6.61 Å². The van der Waals surface area contributed by atoms with Gasteiger partial charge < -0.3 is 15.2 Å². The van der Waals surface area contributed by atoms with E-state index in [4.69, 9.17) is 9.84 Å². The van der Waals surface area contributed by atoms with Gasteiger partial charge >= 0.3 is 12.1 Å². The molecule has 2 N–H and O–H groups in total. The predicted octanol–water partition coefficient (Wildman–Crippen LogP) is 3.81. The highest BCUT2D eigenvalue weighted by atomic mass is 32.1. The second kappa shape index (κ2) is 7.78. The summed E-state index contributed by atoms with van der Waals surface area (Å²) in [6.07, 6.45) is -0.805. The maximum Gasteiger partial charge on any atom is 0.407 e. The quantitative estimate of drug-likeness (QED) is 0.843. The summed E-state index contributed by atoms with van der Waals surface area (Å²) < 4.78 is 5.17. The van der Waals surface area contributed by atoms with Gasteiger partial charge in [-0.25, -0.2) is 4.79 Å². The van der Waals surface area contributed by atoms with Crippen LogP contribution in [0.1, 0.15) is 33.3 Å². The third-order valence-corrected chi connectivity index (χ3v) is 4.32. The Morgan fingerprint density at radius 3 is 2.52 bits per heavy atom. The van der Waals surface area contributed by atoms with Crippen molar-refractivity contribution in [2.45, 2.75) is 32.9 Å². The van der Waals surface area contributed by atoms with E-state index in [2.05, 4.69) is 5.32 Å². The van der Waals surface area contributed by atoms with Crippen LogP contribution in [-0.4, -0.2) is 17.2 Å². The van der Waals surface area contributed by atoms with E-state index in [0.717, 1.165) is 20.9 Å². The molecule has 122 valence electrons. The summed E-state index contributed by atoms with van der Waals surface area (Å²) in [5.41, 5.74) is 1.70. The van der Waals surface area contributed by atoms with Gasteiger partial charge in [-0.1, -0.05) is 30.3 Å². The molecular weight excluding hydrogens is 314 g/mol. The van der Waals surface area contributed by atoms with Crippen molar-refractivity contribution in [3.63, 3.8) is 0 Å². The molecule has 1 aromatic carbocycles. The number of carbonyl (C=O) groups excluding carboxylic acids is 1. The summed E-state index contributed by atoms with van der Waals surface area (Å²) in [4.78, 5) is 25.1. The molecule has 0 aliphatic carbocycles. The molecule has 1 amide bonds. The molecule has 0 saturated heterocycles. The first kappa shape index (κ1) is 17.0. The van der Waals surface area contributed by atoms with Crippen molar-refractivity contribution in [3.05, 3.63) is 57.3 Å². The molecule has 1 unspecified atom stereocenters. The van der Waals surface area contributed by atoms with Crippen LogP contribution in [-0.2, 0) is 16.1 Å². The van der Waals surface area contributed by atoms with Crippen LogP contribution in [0.3, 0.4) is 0 Å². The second-order valence-corrected chi connectivity index (χ2v) is 6.69. The summed E-state index contributed by atoms with van der Waals surface area (Å²) >= 11 is 1.58. The monoisotopic (exact) mass is 333 g/mol. The predicted molar refractivity (Wildman–Crippen MR) is 88.5 cm³/mol. The Morgan fingerprint density at radius 1 is 1.26 bits per heavy atom. The third kappa shape index (κ3) is 5.10. The number of alkyl carbamates (subject to hydrolysis) is 1. The topological polar surface area (TPSA) is 75.6 Å². The number of amides is 1. The fraction of sp³-hybridized carbons (Fsp3) is 0.294. The summed E-state index contributed by atoms with van der Waals surface area (Å²) in [6, 6.07) is 10.6. The van der Waals surface area contributed by atoms with Crippen molar-refractivity contribution in [3.8, 4) is 0 Å². The average molecular weight is 333 g/mol. The van der Waals surface area contributed by atoms with E-state index >= 15 is 0 Å². The van der Waals surface area contributed by atoms with Gasteiger partial charge in [0.05, 0.1) is 12.5 Å². The zero-order chi connectivity index (χ0) is 16.8. The normalized spacial score (nSPS) is 11.7. The Hall–Kier alpha value is -2.34. The molecule has 1 heterocycles. The van der Waals surface area contributed by atoms with E-state index in [0.29, 0.717) is 0 Å². The highest BCUT2D eigenvalue weighted by Crippen LogP contribution is 2.28. The number of carbonyl (C=O) groups is 2. The molecule has 1 aromatic heterocycles. The molecule has 0 spiro atoms. The first-order valence-corrected chi connectivity index (χ1v) is 8.03. The zero-order valence-electron chi connectivity index (χ0n) is 13.0. The van der Waals surface area contributed by atoms with E-state index in [1.807, 2.05) is 50.2 Å². The molecule has 2 rings (SSSR count). The summed E-state index contributed by atoms with van der Waals surface area (Å²) in [7, 11) is 0. The highest BCUT2D eigenvalue weighted by Gasteiger charge is 2.22. The van der Waals surface area contributed by atoms with Crippen LogP contribution < -0.4 is 5.32 Å². The van der Waals surface area contributed by atoms with Crippen molar-refractivity contribution < 1.29 is 19.4 Å². The Morgan fingerprint density at radius 2 is 1.96 bits per heavy atom. The minimum absolute atomic E-state index is 0.147. The van der Waals surface area contributed by atoms with Gasteiger partial charge in [-0.15, -0.1) is 11.3 Å². The smallest absolute Gasteiger partial charge is 0.407 e. The van der Waals surface area contributed by atoms with Crippen LogP contribution in [0.15, 0.2) is 36.4 Å². The van der Waals surface area contributed by atoms with Crippen molar-refractivity contribution in [1.82, 2.24) is 5.32 Å². The zero-order valence-corrected chi connectivity index (χ0v) is 13.9. The van der Waals surface area contributed by atoms with Crippen molar-refractivity contribution in [1.29, 1.82) is 0 Å². The van der Waals surface area contributed by atoms with E-state index in [1.54, 1.807) is 11.3 Å². The molecule has 1 atom stereocenters. The fourth-order valence-corrected chi connectivity index (χ4v) is 3.30. The van der Waals surface area contributed by atoms with Crippen molar-refractivity contribution in [2.75, 3.05) is 0 Å². The maximum absolute atomic E-state index is 12.0. The highest BCUT2D eigenvalue weighted by molar-refractivity contribution is 7.12. The lowest BCUT2D eigenvalue weighted by Crippen LogP contribution is -2.30. The molecule has 0 fully saturated rings. The maximum atomic E-state index is 12.0. The summed E-state index contributed by atoms with van der Waals surface area (Å²) in [5, 5.41) is 11.7. The van der Waals surface area contributed by atoms with Gasteiger partial charge in [-0.2, -0.15) is 0 Å². The van der Waals surface area contributed by atoms with Gasteiger partial charge in [-0.3, -0.25) is 4.79 Å². The first-order valence-electron chi connectivity index (χ1n) is 7.21. The number of aryl methyl sites for hydroxylation is 2. The minimum atomic E-state index is -0.971. The lowest BCUT2D eigenvalue weighted by Gasteiger charge is -2.17. The van der Waals surface area contributed by atoms with Gasteiger partial charge in [0, 0.05) is 9.75 Å². The summed E-state index contributed by atoms with van der Waals surface area (Å²) in [5.74, 6) is -0.971. The molecule has 6 heteroatoms. The Labute approximate surface area is 138 Å². The van der Waals surface area contributed by atoms with Crippen LogP contribution in [0.4, 0.5) is 4.79 Å². The van der Waals surface area contributed by atoms with Gasteiger partial charge in [0.2, 0.25) is 0 Å². The van der Waals surface area contributed by atoms with Crippen LogP contribution in [0, 0.1) is 13.8 Å². The van der Waals surface area contributed by atoms with E-state index in [-0.39, 0.29) is 13.0 Å². The molecule has 0 aliphatic heterocycles. The van der Waals surface area contributed by atoms with E-state index in [9.17, 15) is 9.59 Å². The van der Waals surface area contributed by atoms with E-state index in [1.165, 1.54) is 0 Å². The molecule has 5 nitrogen and oxygen atoms in total.